The summed E-state index contributed by atoms with van der Waals surface area (Å²) in [6.07, 6.45) is 3.66. The number of piperidine rings is 1. The van der Waals surface area contributed by atoms with Crippen molar-refractivity contribution in [2.45, 2.75) is 25.8 Å². The minimum Gasteiger partial charge on any atom is -0.355 e. The van der Waals surface area contributed by atoms with Gasteiger partial charge in [-0.25, -0.2) is 4.39 Å². The van der Waals surface area contributed by atoms with Crippen molar-refractivity contribution >= 4 is 11.7 Å². The molecule has 1 amide bonds. The lowest BCUT2D eigenvalue weighted by atomic mass is 10.1. The Balaban J connectivity index is 1.43. The zero-order valence-electron chi connectivity index (χ0n) is 16.1. The Labute approximate surface area is 169 Å². The predicted molar refractivity (Wildman–Crippen MR) is 111 cm³/mol. The molecular weight excluding hydrogens is 367 g/mol. The second kappa shape index (κ2) is 8.82. The molecule has 29 heavy (non-hydrogen) atoms. The van der Waals surface area contributed by atoms with E-state index < -0.39 is 0 Å². The third-order valence-corrected chi connectivity index (χ3v) is 5.12. The second-order valence-corrected chi connectivity index (χ2v) is 7.21. The van der Waals surface area contributed by atoms with Crippen molar-refractivity contribution in [3.8, 4) is 11.3 Å². The van der Waals surface area contributed by atoms with Crippen LogP contribution in [0.4, 0.5) is 10.2 Å². The molecule has 0 radical (unpaired) electrons. The van der Waals surface area contributed by atoms with Gasteiger partial charge in [-0.3, -0.25) is 4.79 Å². The lowest BCUT2D eigenvalue weighted by Gasteiger charge is -2.27. The maximum absolute atomic E-state index is 13.0. The molecular formula is C23H23FN4O. The van der Waals surface area contributed by atoms with Gasteiger partial charge in [0, 0.05) is 30.8 Å². The first-order valence-corrected chi connectivity index (χ1v) is 9.91. The molecule has 1 aliphatic rings. The zero-order valence-corrected chi connectivity index (χ0v) is 16.1. The van der Waals surface area contributed by atoms with Crippen molar-refractivity contribution < 1.29 is 9.18 Å². The number of halogens is 1. The minimum atomic E-state index is -0.291. The van der Waals surface area contributed by atoms with Crippen LogP contribution in [0.3, 0.4) is 0 Å². The number of anilines is 1. The lowest BCUT2D eigenvalue weighted by molar-refractivity contribution is 0.0951. The lowest BCUT2D eigenvalue weighted by Crippen LogP contribution is -2.30. The maximum Gasteiger partial charge on any atom is 0.251 e. The van der Waals surface area contributed by atoms with E-state index in [9.17, 15) is 9.18 Å². The topological polar surface area (TPSA) is 58.1 Å². The summed E-state index contributed by atoms with van der Waals surface area (Å²) < 4.78 is 13.0. The molecule has 0 spiro atoms. The number of carbonyl (C=O) groups is 1. The van der Waals surface area contributed by atoms with Crippen LogP contribution in [0.2, 0.25) is 0 Å². The van der Waals surface area contributed by atoms with Crippen molar-refractivity contribution in [2.75, 3.05) is 18.0 Å². The van der Waals surface area contributed by atoms with Gasteiger partial charge in [-0.05, 0) is 61.2 Å². The number of benzene rings is 2. The molecule has 3 aromatic rings. The van der Waals surface area contributed by atoms with Gasteiger partial charge in [0.1, 0.15) is 5.82 Å². The Morgan fingerprint density at radius 2 is 1.76 bits per heavy atom. The molecule has 0 bridgehead atoms. The van der Waals surface area contributed by atoms with Crippen molar-refractivity contribution in [1.29, 1.82) is 0 Å². The van der Waals surface area contributed by atoms with Crippen molar-refractivity contribution in [3.63, 3.8) is 0 Å². The molecule has 1 saturated heterocycles. The van der Waals surface area contributed by atoms with Gasteiger partial charge in [-0.1, -0.05) is 24.3 Å². The van der Waals surface area contributed by atoms with Crippen molar-refractivity contribution in [2.24, 2.45) is 0 Å². The maximum atomic E-state index is 13.0. The summed E-state index contributed by atoms with van der Waals surface area (Å²) in [7, 11) is 0. The van der Waals surface area contributed by atoms with Crippen LogP contribution in [0.25, 0.3) is 11.3 Å². The predicted octanol–water partition coefficient (Wildman–Crippen LogP) is 4.20. The van der Waals surface area contributed by atoms with Crippen LogP contribution in [0, 0.1) is 5.82 Å². The summed E-state index contributed by atoms with van der Waals surface area (Å²) in [6, 6.07) is 17.4. The summed E-state index contributed by atoms with van der Waals surface area (Å²) in [5.74, 6) is 0.427. The van der Waals surface area contributed by atoms with E-state index in [-0.39, 0.29) is 11.7 Å². The molecule has 1 fully saturated rings. The van der Waals surface area contributed by atoms with Gasteiger partial charge >= 0.3 is 0 Å². The van der Waals surface area contributed by atoms with Gasteiger partial charge in [0.2, 0.25) is 0 Å². The third kappa shape index (κ3) is 4.77. The van der Waals surface area contributed by atoms with Gasteiger partial charge in [0.05, 0.1) is 5.69 Å². The first-order valence-electron chi connectivity index (χ1n) is 9.91. The minimum absolute atomic E-state index is 0.186. The first-order chi connectivity index (χ1) is 14.2. The third-order valence-electron chi connectivity index (χ3n) is 5.12. The molecule has 0 unspecified atom stereocenters. The van der Waals surface area contributed by atoms with E-state index in [2.05, 4.69) is 20.4 Å². The number of nitrogens with zero attached hydrogens (tertiary/aromatic N) is 3. The molecule has 2 aromatic carbocycles. The van der Waals surface area contributed by atoms with Crippen molar-refractivity contribution in [1.82, 2.24) is 15.5 Å². The van der Waals surface area contributed by atoms with Gasteiger partial charge in [0.25, 0.3) is 5.91 Å². The van der Waals surface area contributed by atoms with E-state index >= 15 is 0 Å². The average molecular weight is 390 g/mol. The summed E-state index contributed by atoms with van der Waals surface area (Å²) >= 11 is 0. The standard InChI is InChI=1S/C23H23FN4O/c24-20-9-7-17(8-10-20)16-25-23(29)19-6-4-5-18(15-19)21-11-12-22(27-26-21)28-13-2-1-3-14-28/h4-12,15H,1-3,13-14,16H2,(H,25,29). The first kappa shape index (κ1) is 19.1. The van der Waals surface area contributed by atoms with E-state index in [1.807, 2.05) is 30.3 Å². The highest BCUT2D eigenvalue weighted by Gasteiger charge is 2.13. The molecule has 6 heteroatoms. The molecule has 1 aliphatic heterocycles. The highest BCUT2D eigenvalue weighted by molar-refractivity contribution is 5.95. The molecule has 148 valence electrons. The molecule has 0 atom stereocenters. The van der Waals surface area contributed by atoms with Gasteiger partial charge in [-0.2, -0.15) is 0 Å². The Hall–Kier alpha value is -3.28. The number of aromatic nitrogens is 2. The number of carbonyl (C=O) groups excluding carboxylic acids is 1. The number of nitrogens with one attached hydrogen (secondary N) is 1. The average Bonchev–Trinajstić information content (AvgIpc) is 2.79. The Morgan fingerprint density at radius 3 is 2.48 bits per heavy atom. The number of hydrogen-bond acceptors (Lipinski definition) is 4. The van der Waals surface area contributed by atoms with Crippen LogP contribution in [-0.2, 0) is 6.54 Å². The fourth-order valence-corrected chi connectivity index (χ4v) is 3.48. The highest BCUT2D eigenvalue weighted by atomic mass is 19.1. The summed E-state index contributed by atoms with van der Waals surface area (Å²) in [4.78, 5) is 14.8. The molecule has 4 rings (SSSR count). The summed E-state index contributed by atoms with van der Waals surface area (Å²) in [5.41, 5.74) is 2.97. The Morgan fingerprint density at radius 1 is 0.966 bits per heavy atom. The van der Waals surface area contributed by atoms with E-state index in [0.717, 1.165) is 35.7 Å². The highest BCUT2D eigenvalue weighted by Crippen LogP contribution is 2.21. The number of amides is 1. The van der Waals surface area contributed by atoms with E-state index in [0.29, 0.717) is 12.1 Å². The van der Waals surface area contributed by atoms with Crippen LogP contribution in [-0.4, -0.2) is 29.2 Å². The number of hydrogen-bond donors (Lipinski definition) is 1. The molecule has 5 nitrogen and oxygen atoms in total. The fraction of sp³-hybridized carbons (Fsp3) is 0.261. The SMILES string of the molecule is O=C(NCc1ccc(F)cc1)c1cccc(-c2ccc(N3CCCCC3)nn2)c1. The monoisotopic (exact) mass is 390 g/mol. The van der Waals surface area contributed by atoms with Crippen molar-refractivity contribution in [3.05, 3.63) is 77.6 Å². The molecule has 0 aliphatic carbocycles. The zero-order chi connectivity index (χ0) is 20.1. The molecule has 0 saturated carbocycles. The van der Waals surface area contributed by atoms with Gasteiger partial charge in [0.15, 0.2) is 5.82 Å². The second-order valence-electron chi connectivity index (χ2n) is 7.21. The Bertz CT molecular complexity index is 967. The molecule has 2 heterocycles. The van der Waals surface area contributed by atoms with E-state index in [4.69, 9.17) is 0 Å². The van der Waals surface area contributed by atoms with Gasteiger partial charge in [-0.15, -0.1) is 10.2 Å². The van der Waals surface area contributed by atoms with Crippen LogP contribution < -0.4 is 10.2 Å². The Kier molecular flexibility index (Phi) is 5.79. The van der Waals surface area contributed by atoms with Crippen LogP contribution in [0.1, 0.15) is 35.2 Å². The van der Waals surface area contributed by atoms with Crippen LogP contribution in [0.15, 0.2) is 60.7 Å². The largest absolute Gasteiger partial charge is 0.355 e. The molecule has 1 aromatic heterocycles. The van der Waals surface area contributed by atoms with E-state index in [1.54, 1.807) is 18.2 Å². The van der Waals surface area contributed by atoms with Crippen LogP contribution in [0.5, 0.6) is 0 Å². The smallest absolute Gasteiger partial charge is 0.251 e. The number of rotatable bonds is 5. The fourth-order valence-electron chi connectivity index (χ4n) is 3.48. The normalized spacial score (nSPS) is 13.9. The van der Waals surface area contributed by atoms with E-state index in [1.165, 1.54) is 31.4 Å². The summed E-state index contributed by atoms with van der Waals surface area (Å²) in [6.45, 7) is 2.39. The quantitative estimate of drug-likeness (QED) is 0.709. The molecule has 1 N–H and O–H groups in total. The summed E-state index contributed by atoms with van der Waals surface area (Å²) in [5, 5.41) is 11.6. The van der Waals surface area contributed by atoms with Crippen LogP contribution >= 0.6 is 0 Å². The van der Waals surface area contributed by atoms with Gasteiger partial charge < -0.3 is 10.2 Å².